The van der Waals surface area contributed by atoms with Gasteiger partial charge in [-0.3, -0.25) is 0 Å². The molecule has 0 fully saturated rings. The third-order valence-corrected chi connectivity index (χ3v) is 3.84. The number of rotatable bonds is 11. The van der Waals surface area contributed by atoms with Crippen molar-refractivity contribution in [3.8, 4) is 0 Å². The molecule has 5 nitrogen and oxygen atoms in total. The lowest BCUT2D eigenvalue weighted by Gasteiger charge is -2.31. The van der Waals surface area contributed by atoms with Gasteiger partial charge in [-0.1, -0.05) is 20.1 Å². The van der Waals surface area contributed by atoms with Crippen LogP contribution >= 0.6 is 0 Å². The fourth-order valence-corrected chi connectivity index (χ4v) is 1.74. The lowest BCUT2D eigenvalue weighted by Crippen LogP contribution is -2.35. The minimum atomic E-state index is -0.585. The fourth-order valence-electron chi connectivity index (χ4n) is 1.74. The first-order chi connectivity index (χ1) is 10.9. The van der Waals surface area contributed by atoms with E-state index >= 15 is 0 Å². The molecule has 138 valence electrons. The van der Waals surface area contributed by atoms with Crippen LogP contribution in [0.5, 0.6) is 0 Å². The van der Waals surface area contributed by atoms with Gasteiger partial charge in [0.15, 0.2) is 0 Å². The zero-order chi connectivity index (χ0) is 19.0. The van der Waals surface area contributed by atoms with Crippen LogP contribution in [0.1, 0.15) is 60.8 Å². The maximum absolute atomic E-state index is 11.7. The predicted molar refractivity (Wildman–Crippen MR) is 94.6 cm³/mol. The van der Waals surface area contributed by atoms with Crippen molar-refractivity contribution in [2.75, 3.05) is 13.2 Å². The van der Waals surface area contributed by atoms with Crippen LogP contribution in [0.25, 0.3) is 0 Å². The van der Waals surface area contributed by atoms with E-state index in [-0.39, 0.29) is 12.6 Å². The third kappa shape index (κ3) is 8.87. The summed E-state index contributed by atoms with van der Waals surface area (Å²) in [7, 11) is 0. The average molecular weight is 340 g/mol. The SMILES string of the molecule is C=C(C)C(=O)OCCC(C)(C)OCCC(C)(CC)OC(=O)C(=C)C. The van der Waals surface area contributed by atoms with Gasteiger partial charge in [-0.25, -0.2) is 9.59 Å². The Hall–Kier alpha value is -1.62. The van der Waals surface area contributed by atoms with Crippen LogP contribution in [-0.4, -0.2) is 36.4 Å². The van der Waals surface area contributed by atoms with Crippen molar-refractivity contribution in [2.24, 2.45) is 0 Å². The summed E-state index contributed by atoms with van der Waals surface area (Å²) >= 11 is 0. The van der Waals surface area contributed by atoms with Crippen molar-refractivity contribution in [1.29, 1.82) is 0 Å². The normalized spacial score (nSPS) is 13.8. The van der Waals surface area contributed by atoms with Gasteiger partial charge in [-0.15, -0.1) is 0 Å². The number of hydrogen-bond acceptors (Lipinski definition) is 5. The van der Waals surface area contributed by atoms with E-state index in [4.69, 9.17) is 14.2 Å². The zero-order valence-corrected chi connectivity index (χ0v) is 16.0. The Morgan fingerprint density at radius 1 is 0.917 bits per heavy atom. The summed E-state index contributed by atoms with van der Waals surface area (Å²) in [4.78, 5) is 23.1. The Balaban J connectivity index is 4.33. The van der Waals surface area contributed by atoms with Gasteiger partial charge in [-0.2, -0.15) is 0 Å². The van der Waals surface area contributed by atoms with Crippen LogP contribution in [0.3, 0.4) is 0 Å². The van der Waals surface area contributed by atoms with Gasteiger partial charge in [0.05, 0.1) is 18.8 Å². The Labute approximate surface area is 146 Å². The Morgan fingerprint density at radius 3 is 1.92 bits per heavy atom. The summed E-state index contributed by atoms with van der Waals surface area (Å²) < 4.78 is 16.5. The van der Waals surface area contributed by atoms with E-state index in [9.17, 15) is 9.59 Å². The lowest BCUT2D eigenvalue weighted by atomic mass is 9.98. The van der Waals surface area contributed by atoms with E-state index in [1.54, 1.807) is 13.8 Å². The molecule has 0 aromatic heterocycles. The molecule has 0 aromatic carbocycles. The van der Waals surface area contributed by atoms with Crippen molar-refractivity contribution in [1.82, 2.24) is 0 Å². The van der Waals surface area contributed by atoms with Crippen molar-refractivity contribution in [3.63, 3.8) is 0 Å². The molecule has 0 heterocycles. The van der Waals surface area contributed by atoms with E-state index in [1.807, 2.05) is 27.7 Å². The minimum Gasteiger partial charge on any atom is -0.462 e. The van der Waals surface area contributed by atoms with Gasteiger partial charge in [0.2, 0.25) is 0 Å². The molecule has 0 radical (unpaired) electrons. The molecule has 0 aliphatic rings. The van der Waals surface area contributed by atoms with Gasteiger partial charge < -0.3 is 14.2 Å². The lowest BCUT2D eigenvalue weighted by molar-refractivity contribution is -0.156. The monoisotopic (exact) mass is 340 g/mol. The predicted octanol–water partition coefficient (Wildman–Crippen LogP) is 3.97. The van der Waals surface area contributed by atoms with Crippen LogP contribution in [0.4, 0.5) is 0 Å². The highest BCUT2D eigenvalue weighted by Crippen LogP contribution is 2.23. The Morgan fingerprint density at radius 2 is 1.46 bits per heavy atom. The average Bonchev–Trinajstić information content (AvgIpc) is 2.46. The number of esters is 2. The molecule has 1 unspecified atom stereocenters. The second-order valence-corrected chi connectivity index (χ2v) is 7.00. The molecule has 0 amide bonds. The van der Waals surface area contributed by atoms with Crippen LogP contribution in [0.15, 0.2) is 24.3 Å². The van der Waals surface area contributed by atoms with E-state index in [1.165, 1.54) is 0 Å². The van der Waals surface area contributed by atoms with Gasteiger partial charge in [-0.05, 0) is 41.0 Å². The summed E-state index contributed by atoms with van der Waals surface area (Å²) in [5.74, 6) is -0.776. The molecule has 0 aliphatic heterocycles. The molecule has 0 N–H and O–H groups in total. The summed E-state index contributed by atoms with van der Waals surface area (Å²) in [5.41, 5.74) is -0.261. The molecular formula is C19H32O5. The summed E-state index contributed by atoms with van der Waals surface area (Å²) in [5, 5.41) is 0. The molecule has 24 heavy (non-hydrogen) atoms. The van der Waals surface area contributed by atoms with E-state index in [2.05, 4.69) is 13.2 Å². The molecule has 1 atom stereocenters. The highest BCUT2D eigenvalue weighted by molar-refractivity contribution is 5.87. The first-order valence-corrected chi connectivity index (χ1v) is 8.28. The van der Waals surface area contributed by atoms with Gasteiger partial charge >= 0.3 is 11.9 Å². The van der Waals surface area contributed by atoms with Gasteiger partial charge in [0, 0.05) is 24.0 Å². The molecule has 0 rings (SSSR count). The Kier molecular flexibility index (Phi) is 8.97. The zero-order valence-electron chi connectivity index (χ0n) is 16.0. The molecule has 0 aliphatic carbocycles. The van der Waals surface area contributed by atoms with Gasteiger partial charge in [0.1, 0.15) is 5.60 Å². The number of carbonyl (C=O) groups excluding carboxylic acids is 2. The summed E-state index contributed by atoms with van der Waals surface area (Å²) in [6.45, 7) is 18.8. The van der Waals surface area contributed by atoms with Crippen molar-refractivity contribution < 1.29 is 23.8 Å². The highest BCUT2D eigenvalue weighted by Gasteiger charge is 2.28. The van der Waals surface area contributed by atoms with E-state index in [0.29, 0.717) is 37.0 Å². The van der Waals surface area contributed by atoms with Crippen LogP contribution in [-0.2, 0) is 23.8 Å². The quantitative estimate of drug-likeness (QED) is 0.421. The second-order valence-electron chi connectivity index (χ2n) is 7.00. The van der Waals surface area contributed by atoms with E-state index in [0.717, 1.165) is 0 Å². The second kappa shape index (κ2) is 9.62. The highest BCUT2D eigenvalue weighted by atomic mass is 16.6. The topological polar surface area (TPSA) is 61.8 Å². The molecule has 0 spiro atoms. The molecule has 0 bridgehead atoms. The molecule has 5 heteroatoms. The molecular weight excluding hydrogens is 308 g/mol. The van der Waals surface area contributed by atoms with Crippen molar-refractivity contribution in [3.05, 3.63) is 24.3 Å². The Bertz CT molecular complexity index is 478. The van der Waals surface area contributed by atoms with Crippen molar-refractivity contribution in [2.45, 2.75) is 72.0 Å². The smallest absolute Gasteiger partial charge is 0.333 e. The molecule has 0 aromatic rings. The van der Waals surface area contributed by atoms with Crippen LogP contribution < -0.4 is 0 Å². The summed E-state index contributed by atoms with van der Waals surface area (Å²) in [6, 6.07) is 0. The fraction of sp³-hybridized carbons (Fsp3) is 0.684. The first kappa shape index (κ1) is 22.4. The largest absolute Gasteiger partial charge is 0.462 e. The standard InChI is InChI=1S/C19H32O5/c1-9-19(8,24-17(21)15(4)5)11-13-23-18(6,7)10-12-22-16(20)14(2)3/h2,4,9-13H2,1,3,5-8H3. The van der Waals surface area contributed by atoms with E-state index < -0.39 is 17.2 Å². The number of hydrogen-bond donors (Lipinski definition) is 0. The minimum absolute atomic E-state index is 0.272. The van der Waals surface area contributed by atoms with Crippen molar-refractivity contribution >= 4 is 11.9 Å². The third-order valence-electron chi connectivity index (χ3n) is 3.84. The van der Waals surface area contributed by atoms with Gasteiger partial charge in [0.25, 0.3) is 0 Å². The number of carbonyl (C=O) groups is 2. The maximum Gasteiger partial charge on any atom is 0.333 e. The molecule has 0 saturated carbocycles. The number of ether oxygens (including phenoxy) is 3. The molecule has 0 saturated heterocycles. The first-order valence-electron chi connectivity index (χ1n) is 8.28. The maximum atomic E-state index is 11.7. The summed E-state index contributed by atoms with van der Waals surface area (Å²) in [6.07, 6.45) is 1.84. The van der Waals surface area contributed by atoms with Crippen LogP contribution in [0, 0.1) is 0 Å². The van der Waals surface area contributed by atoms with Crippen LogP contribution in [0.2, 0.25) is 0 Å².